The van der Waals surface area contributed by atoms with E-state index in [-0.39, 0.29) is 25.5 Å². The van der Waals surface area contributed by atoms with Gasteiger partial charge in [0, 0.05) is 6.42 Å². The lowest BCUT2D eigenvalue weighted by Crippen LogP contribution is -2.45. The van der Waals surface area contributed by atoms with Crippen molar-refractivity contribution in [1.29, 1.82) is 0 Å². The Balaban J connectivity index is 4.27. The number of allylic oxidation sites excluding steroid dienone is 23. The molecule has 3 atom stereocenters. The fraction of sp³-hybridized carbons (Fsp3) is 0.671. The highest BCUT2D eigenvalue weighted by atomic mass is 31.2. The van der Waals surface area contributed by atoms with Gasteiger partial charge in [0.2, 0.25) is 5.91 Å². The summed E-state index contributed by atoms with van der Waals surface area (Å²) >= 11 is 0. The number of aliphatic hydroxyl groups is 1. The first-order valence-electron chi connectivity index (χ1n) is 34.7. The van der Waals surface area contributed by atoms with Gasteiger partial charge in [0.1, 0.15) is 13.2 Å². The SMILES string of the molecule is CC/C=C\C/C=C\C/C=C\C/C=C\C/C=C\C/C=C\C/C=C\C/C=C\C/C=C\C/C=C\CCCCC(=O)NC(COP(=O)(O)OCC[N+](C)(C)C)C(O)/C=C/CC/C=C/CCCCCCCCCCCCCCCCCCCCCCCCCC. The Bertz CT molecular complexity index is 1900. The van der Waals surface area contributed by atoms with Gasteiger partial charge >= 0.3 is 7.82 Å². The zero-order chi connectivity index (χ0) is 61.9. The Morgan fingerprint density at radius 3 is 1.08 bits per heavy atom. The Kier molecular flexibility index (Phi) is 62.1. The van der Waals surface area contributed by atoms with Gasteiger partial charge in [0.25, 0.3) is 0 Å². The molecule has 0 heterocycles. The van der Waals surface area contributed by atoms with E-state index in [1.165, 1.54) is 154 Å². The third kappa shape index (κ3) is 67.7. The third-order valence-corrected chi connectivity index (χ3v) is 15.8. The summed E-state index contributed by atoms with van der Waals surface area (Å²) in [5, 5.41) is 13.9. The molecule has 0 bridgehead atoms. The molecule has 3 unspecified atom stereocenters. The van der Waals surface area contributed by atoms with Crippen molar-refractivity contribution < 1.29 is 32.9 Å². The monoisotopic (exact) mass is 1200 g/mol. The minimum absolute atomic E-state index is 0.0395. The van der Waals surface area contributed by atoms with Crippen LogP contribution >= 0.6 is 7.82 Å². The number of aliphatic hydroxyl groups excluding tert-OH is 1. The standard InChI is InChI=1S/C76H131N2O6P/c1-6-8-10-12-14-16-18-20-22-24-26-28-30-32-34-36-38-39-40-42-44-46-48-50-52-54-56-58-60-62-64-66-68-70-76(80)77-74(73-84-85(81,82)83-72-71-78(3,4)5)75(79)69-67-65-63-61-59-57-55-53-51-49-47-45-43-41-37-35-33-31-29-27-25-23-21-19-17-15-13-11-9-7-2/h8,10,14,16,20,22,26,28,32,34,38-39,42,44,48,50,54,56,59-62,67,69,74-75,79H,6-7,9,11-13,15,17-19,21,23-25,27,29-31,33,35-37,40-41,43,45-47,49,51-53,55,57-58,63-66,68,70-73H2,1-5H3,(H-,77,80,81,82)/p+1/b10-8-,16-14-,22-20-,28-26-,34-32-,39-38-,44-42-,50-48-,56-54-,61-59+,62-60-,69-67+. The smallest absolute Gasteiger partial charge is 0.387 e. The molecule has 0 saturated carbocycles. The molecule has 9 heteroatoms. The van der Waals surface area contributed by atoms with Gasteiger partial charge in [0.15, 0.2) is 0 Å². The quantitative estimate of drug-likeness (QED) is 0.0243. The number of carbonyl (C=O) groups excluding carboxylic acids is 1. The lowest BCUT2D eigenvalue weighted by Gasteiger charge is -2.25. The molecule has 8 nitrogen and oxygen atoms in total. The van der Waals surface area contributed by atoms with Crippen LogP contribution in [0.1, 0.15) is 277 Å². The van der Waals surface area contributed by atoms with Gasteiger partial charge in [-0.2, -0.15) is 0 Å². The fourth-order valence-electron chi connectivity index (χ4n) is 9.44. The van der Waals surface area contributed by atoms with Crippen molar-refractivity contribution in [3.05, 3.63) is 146 Å². The topological polar surface area (TPSA) is 105 Å². The van der Waals surface area contributed by atoms with E-state index in [0.29, 0.717) is 17.4 Å². The van der Waals surface area contributed by atoms with Gasteiger partial charge in [-0.1, -0.05) is 307 Å². The van der Waals surface area contributed by atoms with Gasteiger partial charge < -0.3 is 19.8 Å². The normalized spacial score (nSPS) is 14.6. The maximum Gasteiger partial charge on any atom is 0.472 e. The molecule has 0 spiro atoms. The molecule has 0 aliphatic heterocycles. The largest absolute Gasteiger partial charge is 0.472 e. The van der Waals surface area contributed by atoms with Crippen LogP contribution in [0.2, 0.25) is 0 Å². The van der Waals surface area contributed by atoms with E-state index in [0.717, 1.165) is 96.3 Å². The van der Waals surface area contributed by atoms with E-state index in [2.05, 4.69) is 153 Å². The highest BCUT2D eigenvalue weighted by Crippen LogP contribution is 2.43. The summed E-state index contributed by atoms with van der Waals surface area (Å²) in [4.78, 5) is 23.4. The lowest BCUT2D eigenvalue weighted by molar-refractivity contribution is -0.870. The van der Waals surface area contributed by atoms with Crippen LogP contribution in [-0.2, 0) is 18.4 Å². The average Bonchev–Trinajstić information content (AvgIpc) is 3.49. The predicted octanol–water partition coefficient (Wildman–Crippen LogP) is 22.4. The van der Waals surface area contributed by atoms with Crippen LogP contribution in [0.4, 0.5) is 0 Å². The summed E-state index contributed by atoms with van der Waals surface area (Å²) in [5.74, 6) is -0.233. The number of phosphoric acid groups is 1. The maximum absolute atomic E-state index is 13.0. The number of hydrogen-bond donors (Lipinski definition) is 3. The van der Waals surface area contributed by atoms with Gasteiger partial charge in [-0.25, -0.2) is 4.57 Å². The van der Waals surface area contributed by atoms with Crippen molar-refractivity contribution in [3.63, 3.8) is 0 Å². The summed E-state index contributed by atoms with van der Waals surface area (Å²) < 4.78 is 23.8. The molecule has 0 aliphatic rings. The van der Waals surface area contributed by atoms with E-state index in [9.17, 15) is 19.4 Å². The van der Waals surface area contributed by atoms with Crippen molar-refractivity contribution in [2.75, 3.05) is 40.9 Å². The van der Waals surface area contributed by atoms with Crippen LogP contribution in [0.25, 0.3) is 0 Å². The number of nitrogens with one attached hydrogen (secondary N) is 1. The molecule has 0 aromatic rings. The number of unbranched alkanes of at least 4 members (excludes halogenated alkanes) is 27. The second-order valence-electron chi connectivity index (χ2n) is 24.2. The van der Waals surface area contributed by atoms with E-state index in [1.54, 1.807) is 6.08 Å². The van der Waals surface area contributed by atoms with Crippen LogP contribution in [0, 0.1) is 0 Å². The highest BCUT2D eigenvalue weighted by molar-refractivity contribution is 7.47. The van der Waals surface area contributed by atoms with Crippen LogP contribution < -0.4 is 5.32 Å². The van der Waals surface area contributed by atoms with Crippen LogP contribution in [-0.4, -0.2) is 73.4 Å². The van der Waals surface area contributed by atoms with Crippen LogP contribution in [0.3, 0.4) is 0 Å². The summed E-state index contributed by atoms with van der Waals surface area (Å²) in [6.07, 6.45) is 100. The molecular formula is C76H132N2O6P+. The van der Waals surface area contributed by atoms with Gasteiger partial charge in [-0.15, -0.1) is 0 Å². The van der Waals surface area contributed by atoms with E-state index in [1.807, 2.05) is 27.2 Å². The van der Waals surface area contributed by atoms with Gasteiger partial charge in [-0.05, 0) is 109 Å². The fourth-order valence-corrected chi connectivity index (χ4v) is 10.2. The van der Waals surface area contributed by atoms with E-state index < -0.39 is 20.0 Å². The molecule has 0 fully saturated rings. The second kappa shape index (κ2) is 64.8. The molecule has 85 heavy (non-hydrogen) atoms. The molecule has 0 radical (unpaired) electrons. The maximum atomic E-state index is 13.0. The van der Waals surface area contributed by atoms with E-state index >= 15 is 0 Å². The second-order valence-corrected chi connectivity index (χ2v) is 25.6. The molecular weight excluding hydrogens is 1070 g/mol. The highest BCUT2D eigenvalue weighted by Gasteiger charge is 2.27. The molecule has 3 N–H and O–H groups in total. The molecule has 0 aromatic carbocycles. The number of nitrogens with zero attached hydrogens (tertiary/aromatic N) is 1. The molecule has 0 saturated heterocycles. The van der Waals surface area contributed by atoms with Gasteiger partial charge in [-0.3, -0.25) is 13.8 Å². The lowest BCUT2D eigenvalue weighted by atomic mass is 10.0. The minimum atomic E-state index is -4.39. The van der Waals surface area contributed by atoms with Crippen LogP contribution in [0.15, 0.2) is 146 Å². The first-order valence-corrected chi connectivity index (χ1v) is 36.2. The number of phosphoric ester groups is 1. The van der Waals surface area contributed by atoms with Crippen LogP contribution in [0.5, 0.6) is 0 Å². The summed E-state index contributed by atoms with van der Waals surface area (Å²) in [6, 6.07) is -0.901. The number of hydrogen-bond acceptors (Lipinski definition) is 5. The van der Waals surface area contributed by atoms with Crippen molar-refractivity contribution in [2.45, 2.75) is 289 Å². The summed E-state index contributed by atoms with van der Waals surface area (Å²) in [5.41, 5.74) is 0. The summed E-state index contributed by atoms with van der Waals surface area (Å²) in [6.45, 7) is 4.66. The molecule has 486 valence electrons. The summed E-state index contributed by atoms with van der Waals surface area (Å²) in [7, 11) is 1.51. The zero-order valence-electron chi connectivity index (χ0n) is 55.5. The van der Waals surface area contributed by atoms with E-state index in [4.69, 9.17) is 9.05 Å². The zero-order valence-corrected chi connectivity index (χ0v) is 56.4. The molecule has 0 aromatic heterocycles. The number of amides is 1. The Hall–Kier alpha value is -3.62. The first-order chi connectivity index (χ1) is 41.5. The number of likely N-dealkylation sites (N-methyl/N-ethyl adjacent to an activating group) is 1. The molecule has 0 aliphatic carbocycles. The molecule has 1 amide bonds. The van der Waals surface area contributed by atoms with Crippen molar-refractivity contribution in [2.24, 2.45) is 0 Å². The Morgan fingerprint density at radius 1 is 0.412 bits per heavy atom. The van der Waals surface area contributed by atoms with Gasteiger partial charge in [0.05, 0.1) is 39.9 Å². The average molecular weight is 1200 g/mol. The number of carbonyl (C=O) groups is 1. The molecule has 0 rings (SSSR count). The minimum Gasteiger partial charge on any atom is -0.387 e. The Morgan fingerprint density at radius 2 is 0.718 bits per heavy atom. The predicted molar refractivity (Wildman–Crippen MR) is 373 cm³/mol. The number of quaternary nitrogens is 1. The first kappa shape index (κ1) is 81.4. The Labute approximate surface area is 525 Å². The van der Waals surface area contributed by atoms with Crippen molar-refractivity contribution >= 4 is 13.7 Å². The van der Waals surface area contributed by atoms with Crippen molar-refractivity contribution in [3.8, 4) is 0 Å². The number of rotatable bonds is 62. The van der Waals surface area contributed by atoms with Crippen molar-refractivity contribution in [1.82, 2.24) is 5.32 Å². The third-order valence-electron chi connectivity index (χ3n) is 14.8.